The number of carbonyl (C=O) groups is 1. The van der Waals surface area contributed by atoms with Crippen LogP contribution >= 0.6 is 0 Å². The van der Waals surface area contributed by atoms with Gasteiger partial charge in [-0.15, -0.1) is 0 Å². The first-order valence-corrected chi connectivity index (χ1v) is 8.44. The van der Waals surface area contributed by atoms with Gasteiger partial charge in [0.15, 0.2) is 0 Å². The van der Waals surface area contributed by atoms with Crippen molar-refractivity contribution >= 4 is 21.7 Å². The van der Waals surface area contributed by atoms with Gasteiger partial charge in [-0.25, -0.2) is 0 Å². The average molecular weight is 297 g/mol. The van der Waals surface area contributed by atoms with E-state index < -0.39 is 10.1 Å². The molecule has 0 aromatic heterocycles. The smallest absolute Gasteiger partial charge is 0.264 e. The molecule has 1 aliphatic heterocycles. The van der Waals surface area contributed by atoms with E-state index in [4.69, 9.17) is 4.18 Å². The number of nitrogens with zero attached hydrogens (tertiary/aromatic N) is 1. The summed E-state index contributed by atoms with van der Waals surface area (Å²) >= 11 is 0. The van der Waals surface area contributed by atoms with E-state index in [1.807, 2.05) is 24.3 Å². The summed E-state index contributed by atoms with van der Waals surface area (Å²) < 4.78 is 26.7. The third kappa shape index (κ3) is 3.80. The number of benzene rings is 1. The largest absolute Gasteiger partial charge is 0.312 e. The number of amides is 1. The molecule has 20 heavy (non-hydrogen) atoms. The van der Waals surface area contributed by atoms with E-state index in [9.17, 15) is 13.2 Å². The molecule has 1 aliphatic rings. The van der Waals surface area contributed by atoms with Crippen LogP contribution in [-0.4, -0.2) is 33.7 Å². The molecule has 1 amide bonds. The zero-order valence-electron chi connectivity index (χ0n) is 11.7. The van der Waals surface area contributed by atoms with Crippen molar-refractivity contribution in [3.8, 4) is 0 Å². The quantitative estimate of drug-likeness (QED) is 0.774. The Balaban J connectivity index is 2.01. The van der Waals surface area contributed by atoms with Crippen LogP contribution < -0.4 is 4.90 Å². The molecule has 1 saturated heterocycles. The van der Waals surface area contributed by atoms with Crippen LogP contribution in [0.3, 0.4) is 0 Å². The highest BCUT2D eigenvalue weighted by atomic mass is 32.2. The number of carbonyl (C=O) groups excluding carboxylic acids is 1. The molecular formula is C14H19NO4S. The van der Waals surface area contributed by atoms with Crippen LogP contribution in [0.25, 0.3) is 0 Å². The lowest BCUT2D eigenvalue weighted by molar-refractivity contribution is -0.117. The van der Waals surface area contributed by atoms with Gasteiger partial charge in [0, 0.05) is 24.6 Å². The van der Waals surface area contributed by atoms with E-state index in [1.165, 1.54) is 5.56 Å². The van der Waals surface area contributed by atoms with Crippen molar-refractivity contribution < 1.29 is 17.4 Å². The molecule has 1 heterocycles. The summed E-state index contributed by atoms with van der Waals surface area (Å²) in [4.78, 5) is 13.7. The van der Waals surface area contributed by atoms with Gasteiger partial charge in [-0.2, -0.15) is 8.42 Å². The highest BCUT2D eigenvalue weighted by Crippen LogP contribution is 2.25. The van der Waals surface area contributed by atoms with Crippen molar-refractivity contribution in [3.05, 3.63) is 29.8 Å². The molecule has 2 rings (SSSR count). The fourth-order valence-corrected chi connectivity index (χ4v) is 2.71. The summed E-state index contributed by atoms with van der Waals surface area (Å²) in [5, 5.41) is 0. The second-order valence-corrected chi connectivity index (χ2v) is 6.73. The maximum absolute atomic E-state index is 12.0. The van der Waals surface area contributed by atoms with E-state index in [-0.39, 0.29) is 18.4 Å². The number of hydrogen-bond donors (Lipinski definition) is 0. The van der Waals surface area contributed by atoms with Crippen molar-refractivity contribution in [1.82, 2.24) is 0 Å². The van der Waals surface area contributed by atoms with Crippen LogP contribution in [0.15, 0.2) is 24.3 Å². The first-order valence-electron chi connectivity index (χ1n) is 6.62. The van der Waals surface area contributed by atoms with Gasteiger partial charge in [0.05, 0.1) is 12.9 Å². The van der Waals surface area contributed by atoms with Crippen molar-refractivity contribution in [2.24, 2.45) is 5.92 Å². The minimum atomic E-state index is -3.45. The SMILES string of the molecule is CCc1ccc(N2CC(COS(C)(=O)=O)CC2=O)cc1. The van der Waals surface area contributed by atoms with Crippen molar-refractivity contribution in [1.29, 1.82) is 0 Å². The maximum Gasteiger partial charge on any atom is 0.264 e. The zero-order chi connectivity index (χ0) is 14.8. The molecule has 0 N–H and O–H groups in total. The van der Waals surface area contributed by atoms with Crippen LogP contribution in [0.2, 0.25) is 0 Å². The fourth-order valence-electron chi connectivity index (χ4n) is 2.27. The molecule has 0 saturated carbocycles. The number of aryl methyl sites for hydroxylation is 1. The molecule has 0 aliphatic carbocycles. The van der Waals surface area contributed by atoms with Crippen molar-refractivity contribution in [2.45, 2.75) is 19.8 Å². The van der Waals surface area contributed by atoms with Crippen LogP contribution in [0.4, 0.5) is 5.69 Å². The molecule has 5 nitrogen and oxygen atoms in total. The Hall–Kier alpha value is -1.40. The number of rotatable bonds is 5. The zero-order valence-corrected chi connectivity index (χ0v) is 12.5. The van der Waals surface area contributed by atoms with Gasteiger partial charge < -0.3 is 4.90 Å². The Morgan fingerprint density at radius 1 is 1.30 bits per heavy atom. The predicted octanol–water partition coefficient (Wildman–Crippen LogP) is 1.58. The normalized spacial score (nSPS) is 19.6. The molecular weight excluding hydrogens is 278 g/mol. The molecule has 6 heteroatoms. The lowest BCUT2D eigenvalue weighted by Gasteiger charge is -2.17. The minimum Gasteiger partial charge on any atom is -0.312 e. The molecule has 1 unspecified atom stereocenters. The lowest BCUT2D eigenvalue weighted by Crippen LogP contribution is -2.25. The molecule has 110 valence electrons. The Morgan fingerprint density at radius 2 is 1.95 bits per heavy atom. The highest BCUT2D eigenvalue weighted by molar-refractivity contribution is 7.85. The highest BCUT2D eigenvalue weighted by Gasteiger charge is 2.31. The Morgan fingerprint density at radius 3 is 2.50 bits per heavy atom. The molecule has 0 bridgehead atoms. The van der Waals surface area contributed by atoms with E-state index in [2.05, 4.69) is 6.92 Å². The first kappa shape index (κ1) is 15.0. The Bertz CT molecular complexity index is 580. The molecule has 0 radical (unpaired) electrons. The van der Waals surface area contributed by atoms with Gasteiger partial charge in [0.2, 0.25) is 5.91 Å². The van der Waals surface area contributed by atoms with Gasteiger partial charge >= 0.3 is 0 Å². The van der Waals surface area contributed by atoms with Crippen LogP contribution in [0.1, 0.15) is 18.9 Å². The summed E-state index contributed by atoms with van der Waals surface area (Å²) in [6.07, 6.45) is 2.30. The summed E-state index contributed by atoms with van der Waals surface area (Å²) in [5.41, 5.74) is 2.08. The predicted molar refractivity (Wildman–Crippen MR) is 77.1 cm³/mol. The first-order chi connectivity index (χ1) is 9.39. The summed E-state index contributed by atoms with van der Waals surface area (Å²) in [6, 6.07) is 7.86. The van der Waals surface area contributed by atoms with Gasteiger partial charge in [0.25, 0.3) is 10.1 Å². The van der Waals surface area contributed by atoms with E-state index in [1.54, 1.807) is 4.90 Å². The Kier molecular flexibility index (Phi) is 4.45. The molecule has 1 fully saturated rings. The van der Waals surface area contributed by atoms with Crippen LogP contribution in [0, 0.1) is 5.92 Å². The van der Waals surface area contributed by atoms with Gasteiger partial charge in [0.1, 0.15) is 0 Å². The lowest BCUT2D eigenvalue weighted by atomic mass is 10.1. The van der Waals surface area contributed by atoms with E-state index in [0.717, 1.165) is 18.4 Å². The summed E-state index contributed by atoms with van der Waals surface area (Å²) in [5.74, 6) is -0.0700. The molecule has 1 aromatic carbocycles. The van der Waals surface area contributed by atoms with Crippen LogP contribution in [-0.2, 0) is 25.5 Å². The topological polar surface area (TPSA) is 63.7 Å². The third-order valence-electron chi connectivity index (χ3n) is 3.38. The Labute approximate surface area is 119 Å². The minimum absolute atomic E-state index is 0.0105. The number of hydrogen-bond acceptors (Lipinski definition) is 4. The fraction of sp³-hybridized carbons (Fsp3) is 0.500. The van der Waals surface area contributed by atoms with Gasteiger partial charge in [-0.1, -0.05) is 19.1 Å². The maximum atomic E-state index is 12.0. The van der Waals surface area contributed by atoms with E-state index >= 15 is 0 Å². The second-order valence-electron chi connectivity index (χ2n) is 5.08. The monoisotopic (exact) mass is 297 g/mol. The third-order valence-corrected chi connectivity index (χ3v) is 3.94. The average Bonchev–Trinajstić information content (AvgIpc) is 2.77. The van der Waals surface area contributed by atoms with E-state index in [0.29, 0.717) is 13.0 Å². The van der Waals surface area contributed by atoms with Crippen molar-refractivity contribution in [2.75, 3.05) is 24.3 Å². The second kappa shape index (κ2) is 5.93. The molecule has 0 spiro atoms. The van der Waals surface area contributed by atoms with Gasteiger partial charge in [-0.05, 0) is 24.1 Å². The molecule has 1 atom stereocenters. The standard InChI is InChI=1S/C14H19NO4S/c1-3-11-4-6-13(7-5-11)15-9-12(8-14(15)16)10-19-20(2,17)18/h4-7,12H,3,8-10H2,1-2H3. The summed E-state index contributed by atoms with van der Waals surface area (Å²) in [6.45, 7) is 2.64. The van der Waals surface area contributed by atoms with Crippen LogP contribution in [0.5, 0.6) is 0 Å². The van der Waals surface area contributed by atoms with Crippen molar-refractivity contribution in [3.63, 3.8) is 0 Å². The number of anilines is 1. The summed E-state index contributed by atoms with van der Waals surface area (Å²) in [7, 11) is -3.45. The molecule has 1 aromatic rings. The van der Waals surface area contributed by atoms with Gasteiger partial charge in [-0.3, -0.25) is 8.98 Å².